The summed E-state index contributed by atoms with van der Waals surface area (Å²) in [6, 6.07) is 0.249. The Hall–Kier alpha value is -1.96. The molecule has 0 aromatic carbocycles. The van der Waals surface area contributed by atoms with Gasteiger partial charge in [-0.15, -0.1) is 0 Å². The van der Waals surface area contributed by atoms with Gasteiger partial charge in [0.15, 0.2) is 0 Å². The zero-order chi connectivity index (χ0) is 16.2. The van der Waals surface area contributed by atoms with E-state index >= 15 is 0 Å². The maximum Gasteiger partial charge on any atom is 0.224 e. The largest absolute Gasteiger partial charge is 0.342 e. The number of aryl methyl sites for hydroxylation is 1. The van der Waals surface area contributed by atoms with Crippen LogP contribution < -0.4 is 5.73 Å². The number of carbonyl (C=O) groups is 2. The number of amides is 2. The Morgan fingerprint density at radius 1 is 1.35 bits per heavy atom. The molecular formula is C15H24N6O2. The molecule has 0 saturated carbocycles. The molecule has 8 nitrogen and oxygen atoms in total. The van der Waals surface area contributed by atoms with Crippen LogP contribution in [0.5, 0.6) is 0 Å². The van der Waals surface area contributed by atoms with Crippen molar-refractivity contribution in [3.8, 4) is 0 Å². The fourth-order valence-electron chi connectivity index (χ4n) is 3.72. The second-order valence-corrected chi connectivity index (χ2v) is 6.28. The topological polar surface area (TPSA) is 97.3 Å². The minimum Gasteiger partial charge on any atom is -0.342 e. The lowest BCUT2D eigenvalue weighted by atomic mass is 9.83. The lowest BCUT2D eigenvalue weighted by Gasteiger charge is -2.47. The lowest BCUT2D eigenvalue weighted by molar-refractivity contribution is -0.144. The quantitative estimate of drug-likeness (QED) is 0.786. The number of piperidine rings is 2. The van der Waals surface area contributed by atoms with Crippen LogP contribution in [0.4, 0.5) is 0 Å². The summed E-state index contributed by atoms with van der Waals surface area (Å²) in [6.07, 6.45) is 5.83. The molecule has 0 bridgehead atoms. The van der Waals surface area contributed by atoms with Crippen LogP contribution in [0, 0.1) is 5.92 Å². The molecule has 2 amide bonds. The number of aromatic nitrogens is 3. The summed E-state index contributed by atoms with van der Waals surface area (Å²) in [5, 5.41) is 4.02. The van der Waals surface area contributed by atoms with Gasteiger partial charge in [0.1, 0.15) is 12.7 Å². The predicted molar refractivity (Wildman–Crippen MR) is 83.1 cm³/mol. The van der Waals surface area contributed by atoms with Crippen LogP contribution in [0.2, 0.25) is 0 Å². The maximum atomic E-state index is 12.4. The van der Waals surface area contributed by atoms with Crippen LogP contribution in [0.15, 0.2) is 12.7 Å². The molecule has 0 spiro atoms. The Bertz CT molecular complexity index is 546. The van der Waals surface area contributed by atoms with E-state index in [1.165, 1.54) is 6.33 Å². The Morgan fingerprint density at radius 2 is 2.22 bits per heavy atom. The van der Waals surface area contributed by atoms with E-state index in [2.05, 4.69) is 10.1 Å². The van der Waals surface area contributed by atoms with Gasteiger partial charge >= 0.3 is 0 Å². The van der Waals surface area contributed by atoms with Crippen LogP contribution in [0.1, 0.15) is 25.7 Å². The predicted octanol–water partition coefficient (Wildman–Crippen LogP) is -0.534. The van der Waals surface area contributed by atoms with E-state index in [0.717, 1.165) is 19.4 Å². The van der Waals surface area contributed by atoms with Crippen LogP contribution in [-0.2, 0) is 16.1 Å². The van der Waals surface area contributed by atoms with Gasteiger partial charge in [-0.3, -0.25) is 14.3 Å². The van der Waals surface area contributed by atoms with Crippen LogP contribution in [-0.4, -0.2) is 68.6 Å². The molecular weight excluding hydrogens is 296 g/mol. The first-order valence-electron chi connectivity index (χ1n) is 8.28. The molecule has 8 heteroatoms. The summed E-state index contributed by atoms with van der Waals surface area (Å²) in [5.74, 6) is 0.743. The summed E-state index contributed by atoms with van der Waals surface area (Å²) in [6.45, 7) is 3.14. The van der Waals surface area contributed by atoms with Gasteiger partial charge in [0.25, 0.3) is 0 Å². The smallest absolute Gasteiger partial charge is 0.224 e. The van der Waals surface area contributed by atoms with Gasteiger partial charge in [0.05, 0.1) is 6.54 Å². The van der Waals surface area contributed by atoms with Crippen molar-refractivity contribution >= 4 is 11.8 Å². The number of nitrogens with two attached hydrogens (primary N) is 1. The Kier molecular flexibility index (Phi) is 4.90. The molecule has 2 saturated heterocycles. The summed E-state index contributed by atoms with van der Waals surface area (Å²) in [5.41, 5.74) is 5.63. The van der Waals surface area contributed by atoms with Crippen molar-refractivity contribution in [2.45, 2.75) is 38.3 Å². The number of fused-ring (bicyclic) bond motifs is 1. The van der Waals surface area contributed by atoms with E-state index in [0.29, 0.717) is 44.9 Å². The third-order valence-corrected chi connectivity index (χ3v) is 4.89. The van der Waals surface area contributed by atoms with Crippen molar-refractivity contribution in [3.63, 3.8) is 0 Å². The van der Waals surface area contributed by atoms with Gasteiger partial charge in [-0.2, -0.15) is 5.10 Å². The number of rotatable bonds is 5. The van der Waals surface area contributed by atoms with Crippen molar-refractivity contribution in [1.29, 1.82) is 0 Å². The summed E-state index contributed by atoms with van der Waals surface area (Å²) < 4.78 is 1.67. The standard InChI is InChI=1S/C15H24N6O2/c16-5-8-21-13-3-6-19(9-12(13)1-2-15(21)23)14(22)4-7-20-11-17-10-18-20/h10-13H,1-9,16H2. The third kappa shape index (κ3) is 3.52. The van der Waals surface area contributed by atoms with Crippen molar-refractivity contribution < 1.29 is 9.59 Å². The molecule has 1 aromatic rings. The molecule has 0 radical (unpaired) electrons. The van der Waals surface area contributed by atoms with Crippen molar-refractivity contribution in [2.24, 2.45) is 11.7 Å². The first-order valence-corrected chi connectivity index (χ1v) is 8.28. The van der Waals surface area contributed by atoms with Gasteiger partial charge in [-0.1, -0.05) is 0 Å². The molecule has 2 atom stereocenters. The number of likely N-dealkylation sites (tertiary alicyclic amines) is 2. The fraction of sp³-hybridized carbons (Fsp3) is 0.733. The van der Waals surface area contributed by atoms with E-state index < -0.39 is 0 Å². The Balaban J connectivity index is 1.55. The SMILES string of the molecule is NCCN1C(=O)CCC2CN(C(=O)CCn3cncn3)CCC21. The first-order chi connectivity index (χ1) is 11.2. The second kappa shape index (κ2) is 7.08. The molecule has 2 fully saturated rings. The van der Waals surface area contributed by atoms with E-state index in [4.69, 9.17) is 5.73 Å². The van der Waals surface area contributed by atoms with Crippen molar-refractivity contribution in [2.75, 3.05) is 26.2 Å². The molecule has 2 N–H and O–H groups in total. The van der Waals surface area contributed by atoms with Crippen molar-refractivity contribution in [3.05, 3.63) is 12.7 Å². The van der Waals surface area contributed by atoms with E-state index in [1.807, 2.05) is 9.80 Å². The molecule has 126 valence electrons. The minimum absolute atomic E-state index is 0.154. The zero-order valence-electron chi connectivity index (χ0n) is 13.3. The van der Waals surface area contributed by atoms with Gasteiger partial charge in [-0.05, 0) is 18.8 Å². The van der Waals surface area contributed by atoms with Gasteiger partial charge < -0.3 is 15.5 Å². The average Bonchev–Trinajstić information content (AvgIpc) is 3.08. The summed E-state index contributed by atoms with van der Waals surface area (Å²) >= 11 is 0. The van der Waals surface area contributed by atoms with Crippen molar-refractivity contribution in [1.82, 2.24) is 24.6 Å². The molecule has 23 heavy (non-hydrogen) atoms. The van der Waals surface area contributed by atoms with Gasteiger partial charge in [0, 0.05) is 45.1 Å². The molecule has 0 aliphatic carbocycles. The Morgan fingerprint density at radius 3 is 2.96 bits per heavy atom. The van der Waals surface area contributed by atoms with Crippen LogP contribution in [0.3, 0.4) is 0 Å². The number of carbonyl (C=O) groups excluding carboxylic acids is 2. The van der Waals surface area contributed by atoms with Gasteiger partial charge in [-0.25, -0.2) is 4.98 Å². The minimum atomic E-state index is 0.154. The first kappa shape index (κ1) is 15.9. The molecule has 2 aliphatic heterocycles. The van der Waals surface area contributed by atoms with Crippen LogP contribution >= 0.6 is 0 Å². The second-order valence-electron chi connectivity index (χ2n) is 6.28. The zero-order valence-corrected chi connectivity index (χ0v) is 13.3. The fourth-order valence-corrected chi connectivity index (χ4v) is 3.72. The Labute approximate surface area is 135 Å². The van der Waals surface area contributed by atoms with Crippen LogP contribution in [0.25, 0.3) is 0 Å². The van der Waals surface area contributed by atoms with E-state index in [1.54, 1.807) is 11.0 Å². The molecule has 2 aliphatic rings. The number of nitrogens with zero attached hydrogens (tertiary/aromatic N) is 5. The molecule has 1 aromatic heterocycles. The number of hydrogen-bond donors (Lipinski definition) is 1. The summed E-state index contributed by atoms with van der Waals surface area (Å²) in [4.78, 5) is 32.2. The highest BCUT2D eigenvalue weighted by Crippen LogP contribution is 2.31. The number of hydrogen-bond acceptors (Lipinski definition) is 5. The highest BCUT2D eigenvalue weighted by molar-refractivity contribution is 5.78. The average molecular weight is 320 g/mol. The highest BCUT2D eigenvalue weighted by atomic mass is 16.2. The van der Waals surface area contributed by atoms with E-state index in [-0.39, 0.29) is 17.9 Å². The molecule has 3 rings (SSSR count). The molecule has 3 heterocycles. The monoisotopic (exact) mass is 320 g/mol. The van der Waals surface area contributed by atoms with Gasteiger partial charge in [0.2, 0.25) is 11.8 Å². The normalized spacial score (nSPS) is 24.7. The highest BCUT2D eigenvalue weighted by Gasteiger charge is 2.39. The third-order valence-electron chi connectivity index (χ3n) is 4.89. The lowest BCUT2D eigenvalue weighted by Crippen LogP contribution is -2.57. The molecule has 2 unspecified atom stereocenters. The van der Waals surface area contributed by atoms with E-state index in [9.17, 15) is 9.59 Å². The maximum absolute atomic E-state index is 12.4. The summed E-state index contributed by atoms with van der Waals surface area (Å²) in [7, 11) is 0.